The van der Waals surface area contributed by atoms with Crippen LogP contribution in [-0.4, -0.2) is 0 Å². The standard InChI is InChI=1S/C40H82/c1-22(2)24(5)26(7)28(9)30(11)32(13)34(15)36(17)38(19)40(21)39(20)37(18)35(16)33(14)31(12)29(10)27(8)25(6)23(3)4/h22-40H,1-21H3. The van der Waals surface area contributed by atoms with E-state index >= 15 is 0 Å². The van der Waals surface area contributed by atoms with E-state index in [0.29, 0.717) is 0 Å². The van der Waals surface area contributed by atoms with E-state index in [2.05, 4.69) is 145 Å². The Labute approximate surface area is 257 Å². The second kappa shape index (κ2) is 17.3. The van der Waals surface area contributed by atoms with Crippen LogP contribution < -0.4 is 0 Å². The van der Waals surface area contributed by atoms with E-state index in [1.807, 2.05) is 0 Å². The van der Waals surface area contributed by atoms with Crippen molar-refractivity contribution >= 4 is 0 Å². The first-order chi connectivity index (χ1) is 18.1. The van der Waals surface area contributed by atoms with Gasteiger partial charge >= 0.3 is 0 Å². The summed E-state index contributed by atoms with van der Waals surface area (Å²) in [5.74, 6) is 14.5. The molecule has 40 heavy (non-hydrogen) atoms. The smallest absolute Gasteiger partial charge is 0.0386 e. The van der Waals surface area contributed by atoms with Crippen molar-refractivity contribution in [3.05, 3.63) is 0 Å². The van der Waals surface area contributed by atoms with E-state index in [0.717, 1.165) is 112 Å². The van der Waals surface area contributed by atoms with Crippen molar-refractivity contribution < 1.29 is 0 Å². The number of rotatable bonds is 18. The van der Waals surface area contributed by atoms with Crippen molar-refractivity contribution in [2.24, 2.45) is 112 Å². The van der Waals surface area contributed by atoms with Crippen LogP contribution in [0.3, 0.4) is 0 Å². The van der Waals surface area contributed by atoms with Crippen LogP contribution in [0, 0.1) is 112 Å². The average Bonchev–Trinajstić information content (AvgIpc) is 2.93. The molecule has 0 aliphatic carbocycles. The van der Waals surface area contributed by atoms with Crippen LogP contribution in [-0.2, 0) is 0 Å². The Balaban J connectivity index is 5.41. The van der Waals surface area contributed by atoms with Crippen LogP contribution in [0.4, 0.5) is 0 Å². The van der Waals surface area contributed by atoms with Gasteiger partial charge in [-0.05, 0) is 112 Å². The molecule has 0 heteroatoms. The van der Waals surface area contributed by atoms with Gasteiger partial charge in [0, 0.05) is 0 Å². The summed E-state index contributed by atoms with van der Waals surface area (Å²) in [5, 5.41) is 0. The van der Waals surface area contributed by atoms with E-state index in [-0.39, 0.29) is 0 Å². The summed E-state index contributed by atoms with van der Waals surface area (Å²) in [6.45, 7) is 52.9. The Morgan fingerprint density at radius 3 is 0.275 bits per heavy atom. The predicted molar refractivity (Wildman–Crippen MR) is 185 cm³/mol. The molecule has 0 aliphatic rings. The molecule has 16 atom stereocenters. The van der Waals surface area contributed by atoms with E-state index in [4.69, 9.17) is 0 Å². The van der Waals surface area contributed by atoms with Crippen molar-refractivity contribution in [3.8, 4) is 0 Å². The third kappa shape index (κ3) is 10.0. The topological polar surface area (TPSA) is 0 Å². The summed E-state index contributed by atoms with van der Waals surface area (Å²) < 4.78 is 0. The lowest BCUT2D eigenvalue weighted by Crippen LogP contribution is -2.37. The molecule has 0 bridgehead atoms. The second-order valence-electron chi connectivity index (χ2n) is 17.1. The predicted octanol–water partition coefficient (Wildman–Crippen LogP) is 13.1. The number of hydrogen-bond acceptors (Lipinski definition) is 0. The fraction of sp³-hybridized carbons (Fsp3) is 1.00. The fourth-order valence-electron chi connectivity index (χ4n) is 8.40. The minimum atomic E-state index is 0.745. The molecule has 0 aromatic rings. The molecule has 0 nitrogen and oxygen atoms in total. The molecule has 0 saturated heterocycles. The van der Waals surface area contributed by atoms with Gasteiger partial charge in [-0.15, -0.1) is 0 Å². The van der Waals surface area contributed by atoms with E-state index in [1.54, 1.807) is 0 Å². The minimum Gasteiger partial charge on any atom is -0.0625 e. The lowest BCUT2D eigenvalue weighted by atomic mass is 9.62. The maximum absolute atomic E-state index is 2.58. The molecule has 0 fully saturated rings. The molecular formula is C40H82. The van der Waals surface area contributed by atoms with Crippen LogP contribution in [0.15, 0.2) is 0 Å². The highest BCUT2D eigenvalue weighted by molar-refractivity contribution is 4.87. The van der Waals surface area contributed by atoms with Crippen molar-refractivity contribution in [3.63, 3.8) is 0 Å². The molecule has 0 radical (unpaired) electrons. The zero-order valence-corrected chi connectivity index (χ0v) is 32.0. The van der Waals surface area contributed by atoms with Gasteiger partial charge in [0.15, 0.2) is 0 Å². The van der Waals surface area contributed by atoms with Crippen molar-refractivity contribution in [2.45, 2.75) is 145 Å². The first kappa shape index (κ1) is 40.0. The zero-order chi connectivity index (χ0) is 32.0. The molecule has 0 rings (SSSR count). The molecule has 0 amide bonds. The van der Waals surface area contributed by atoms with Crippen molar-refractivity contribution in [2.75, 3.05) is 0 Å². The molecule has 0 saturated carbocycles. The van der Waals surface area contributed by atoms with Gasteiger partial charge < -0.3 is 0 Å². The lowest BCUT2D eigenvalue weighted by Gasteiger charge is -2.44. The van der Waals surface area contributed by atoms with Crippen LogP contribution >= 0.6 is 0 Å². The summed E-state index contributed by atoms with van der Waals surface area (Å²) in [6.07, 6.45) is 0. The first-order valence-corrected chi connectivity index (χ1v) is 18.1. The molecule has 0 heterocycles. The highest BCUT2D eigenvalue weighted by Gasteiger charge is 2.38. The van der Waals surface area contributed by atoms with E-state index in [9.17, 15) is 0 Å². The second-order valence-corrected chi connectivity index (χ2v) is 17.1. The zero-order valence-electron chi connectivity index (χ0n) is 32.0. The Morgan fingerprint density at radius 1 is 0.125 bits per heavy atom. The largest absolute Gasteiger partial charge is 0.0625 e. The molecular weight excluding hydrogens is 480 g/mol. The monoisotopic (exact) mass is 563 g/mol. The van der Waals surface area contributed by atoms with Crippen LogP contribution in [0.25, 0.3) is 0 Å². The molecule has 16 unspecified atom stereocenters. The summed E-state index contributed by atoms with van der Waals surface area (Å²) >= 11 is 0. The van der Waals surface area contributed by atoms with Crippen LogP contribution in [0.1, 0.15) is 145 Å². The van der Waals surface area contributed by atoms with Gasteiger partial charge in [-0.25, -0.2) is 0 Å². The maximum Gasteiger partial charge on any atom is -0.0386 e. The SMILES string of the molecule is CC(C)C(C)C(C)C(C)C(C)C(C)C(C)C(C)C(C)C(C)C(C)C(C)C(C)C(C)C(C)C(C)C(C)C(C)C(C)C. The highest BCUT2D eigenvalue weighted by atomic mass is 14.4. The van der Waals surface area contributed by atoms with Crippen LogP contribution in [0.5, 0.6) is 0 Å². The summed E-state index contributed by atoms with van der Waals surface area (Å²) in [6, 6.07) is 0. The maximum atomic E-state index is 2.58. The molecule has 0 aromatic carbocycles. The van der Waals surface area contributed by atoms with Gasteiger partial charge in [0.25, 0.3) is 0 Å². The van der Waals surface area contributed by atoms with E-state index < -0.39 is 0 Å². The van der Waals surface area contributed by atoms with Gasteiger partial charge in [-0.3, -0.25) is 0 Å². The number of hydrogen-bond donors (Lipinski definition) is 0. The molecule has 0 aromatic heterocycles. The Morgan fingerprint density at radius 2 is 0.200 bits per heavy atom. The molecule has 0 spiro atoms. The van der Waals surface area contributed by atoms with Crippen molar-refractivity contribution in [1.29, 1.82) is 0 Å². The van der Waals surface area contributed by atoms with E-state index in [1.165, 1.54) is 0 Å². The fourth-order valence-corrected chi connectivity index (χ4v) is 8.40. The summed E-state index contributed by atoms with van der Waals surface area (Å²) in [5.41, 5.74) is 0. The quantitative estimate of drug-likeness (QED) is 0.156. The molecule has 0 aliphatic heterocycles. The van der Waals surface area contributed by atoms with Gasteiger partial charge in [-0.2, -0.15) is 0 Å². The molecule has 0 N–H and O–H groups in total. The summed E-state index contributed by atoms with van der Waals surface area (Å²) in [7, 11) is 0. The third-order valence-electron chi connectivity index (χ3n) is 15.4. The Bertz CT molecular complexity index is 605. The lowest BCUT2D eigenvalue weighted by molar-refractivity contribution is 0.0488. The Kier molecular flexibility index (Phi) is 17.3. The average molecular weight is 563 g/mol. The van der Waals surface area contributed by atoms with Gasteiger partial charge in [-0.1, -0.05) is 145 Å². The van der Waals surface area contributed by atoms with Gasteiger partial charge in [0.05, 0.1) is 0 Å². The molecule has 242 valence electrons. The van der Waals surface area contributed by atoms with Gasteiger partial charge in [0.1, 0.15) is 0 Å². The van der Waals surface area contributed by atoms with Crippen LogP contribution in [0.2, 0.25) is 0 Å². The third-order valence-corrected chi connectivity index (χ3v) is 15.4. The summed E-state index contributed by atoms with van der Waals surface area (Å²) in [4.78, 5) is 0. The normalized spacial score (nSPS) is 25.9. The highest BCUT2D eigenvalue weighted by Crippen LogP contribution is 2.45. The van der Waals surface area contributed by atoms with Crippen molar-refractivity contribution in [1.82, 2.24) is 0 Å². The Hall–Kier alpha value is 0. The first-order valence-electron chi connectivity index (χ1n) is 18.1. The minimum absolute atomic E-state index is 0.745. The van der Waals surface area contributed by atoms with Gasteiger partial charge in [0.2, 0.25) is 0 Å².